The summed E-state index contributed by atoms with van der Waals surface area (Å²) in [5, 5.41) is 0. The van der Waals surface area contributed by atoms with E-state index < -0.39 is 26.5 Å². The van der Waals surface area contributed by atoms with Gasteiger partial charge in [0.25, 0.3) is 0 Å². The second-order valence-electron chi connectivity index (χ2n) is 25.1. The van der Waals surface area contributed by atoms with E-state index in [4.69, 9.17) is 24.3 Å². The van der Waals surface area contributed by atoms with Crippen LogP contribution in [0.5, 0.6) is 0 Å². The molecule has 10 heteroatoms. The van der Waals surface area contributed by atoms with Gasteiger partial charge in [0.1, 0.15) is 6.61 Å². The van der Waals surface area contributed by atoms with Crippen molar-refractivity contribution in [2.75, 3.05) is 26.4 Å². The molecule has 0 radical (unpaired) electrons. The van der Waals surface area contributed by atoms with Gasteiger partial charge in [-0.2, -0.15) is 0 Å². The van der Waals surface area contributed by atoms with Crippen LogP contribution in [0.25, 0.3) is 0 Å². The zero-order chi connectivity index (χ0) is 65.8. The third-order valence-electron chi connectivity index (χ3n) is 16.3. The molecule has 2 unspecified atom stereocenters. The second-order valence-corrected chi connectivity index (χ2v) is 26.6. The molecule has 0 fully saturated rings. The standard InChI is InChI=1S/C81H142NO8P/c1-3-5-7-9-11-13-15-17-19-21-23-25-27-29-31-33-35-36-37-38-39-40-41-42-44-45-47-49-51-53-55-57-59-61-63-65-67-69-71-73-80(83)87-77-79(78-89-91(85,86)88-76-75-82)90-81(84)74-72-70-68-66-64-62-60-58-56-54-52-50-48-46-43-34-32-30-28-26-24-22-20-18-16-14-12-10-8-6-4-2/h6,8,12,14,18,20-21,23-24,26,30,32,43,46,50,52,56,58,62,64,79H,3-5,7,9-11,13,15-17,19,22,25,27-29,31,33-42,44-45,47-49,51,53-55,57,59-61,63,65-78,82H2,1-2H3,(H,85,86)/b8-6-,14-12-,20-18-,23-21-,26-24-,32-30-,46-43-,52-50-,58-56-,64-62-. The molecule has 0 aromatic carbocycles. The van der Waals surface area contributed by atoms with E-state index >= 15 is 0 Å². The quantitative estimate of drug-likeness (QED) is 0.0264. The molecule has 0 bridgehead atoms. The first-order chi connectivity index (χ1) is 44.8. The van der Waals surface area contributed by atoms with E-state index in [1.54, 1.807) is 0 Å². The first-order valence-corrected chi connectivity index (χ1v) is 39.5. The zero-order valence-electron chi connectivity index (χ0n) is 59.1. The third kappa shape index (κ3) is 75.3. The Hall–Kier alpha value is -3.59. The summed E-state index contributed by atoms with van der Waals surface area (Å²) in [6.45, 7) is 3.62. The van der Waals surface area contributed by atoms with Crippen molar-refractivity contribution in [2.24, 2.45) is 5.73 Å². The van der Waals surface area contributed by atoms with Crippen molar-refractivity contribution >= 4 is 19.8 Å². The van der Waals surface area contributed by atoms with Gasteiger partial charge in [-0.05, 0) is 109 Å². The maximum Gasteiger partial charge on any atom is 0.472 e. The molecule has 0 rings (SSSR count). The summed E-state index contributed by atoms with van der Waals surface area (Å²) in [7, 11) is -4.41. The van der Waals surface area contributed by atoms with Crippen LogP contribution >= 0.6 is 7.82 Å². The molecule has 3 N–H and O–H groups in total. The minimum absolute atomic E-state index is 0.0428. The van der Waals surface area contributed by atoms with Gasteiger partial charge in [-0.15, -0.1) is 0 Å². The maximum atomic E-state index is 12.8. The third-order valence-corrected chi connectivity index (χ3v) is 17.3. The fourth-order valence-electron chi connectivity index (χ4n) is 10.7. The number of allylic oxidation sites excluding steroid dienone is 20. The number of hydrogen-bond acceptors (Lipinski definition) is 8. The van der Waals surface area contributed by atoms with E-state index in [0.29, 0.717) is 6.42 Å². The predicted molar refractivity (Wildman–Crippen MR) is 394 cm³/mol. The minimum atomic E-state index is -4.41. The van der Waals surface area contributed by atoms with Crippen molar-refractivity contribution in [3.8, 4) is 0 Å². The van der Waals surface area contributed by atoms with Crippen molar-refractivity contribution in [1.82, 2.24) is 0 Å². The number of rotatable bonds is 71. The summed E-state index contributed by atoms with van der Waals surface area (Å²) < 4.78 is 33.2. The molecular formula is C81H142NO8P. The Morgan fingerprint density at radius 3 is 0.923 bits per heavy atom. The summed E-state index contributed by atoms with van der Waals surface area (Å²) in [6.07, 6.45) is 106. The van der Waals surface area contributed by atoms with Crippen LogP contribution in [0.2, 0.25) is 0 Å². The highest BCUT2D eigenvalue weighted by atomic mass is 31.2. The van der Waals surface area contributed by atoms with Crippen LogP contribution < -0.4 is 5.73 Å². The molecular weight excluding hydrogens is 1150 g/mol. The molecule has 2 atom stereocenters. The Kier molecular flexibility index (Phi) is 72.5. The number of unbranched alkanes of at least 4 members (excludes halogenated alkanes) is 38. The van der Waals surface area contributed by atoms with E-state index in [-0.39, 0.29) is 38.6 Å². The smallest absolute Gasteiger partial charge is 0.462 e. The van der Waals surface area contributed by atoms with Crippen LogP contribution in [-0.4, -0.2) is 49.3 Å². The lowest BCUT2D eigenvalue weighted by Gasteiger charge is -2.19. The summed E-state index contributed by atoms with van der Waals surface area (Å²) in [4.78, 5) is 35.4. The average Bonchev–Trinajstić information content (AvgIpc) is 3.71. The van der Waals surface area contributed by atoms with Crippen molar-refractivity contribution in [3.63, 3.8) is 0 Å². The summed E-state index contributed by atoms with van der Waals surface area (Å²) in [5.74, 6) is -0.861. The molecule has 0 aromatic rings. The minimum Gasteiger partial charge on any atom is -0.462 e. The van der Waals surface area contributed by atoms with Crippen LogP contribution in [-0.2, 0) is 32.7 Å². The number of ether oxygens (including phenoxy) is 2. The van der Waals surface area contributed by atoms with Crippen LogP contribution in [0.4, 0.5) is 0 Å². The largest absolute Gasteiger partial charge is 0.472 e. The maximum absolute atomic E-state index is 12.8. The molecule has 0 aliphatic carbocycles. The van der Waals surface area contributed by atoms with Gasteiger partial charge >= 0.3 is 19.8 Å². The highest BCUT2D eigenvalue weighted by Crippen LogP contribution is 2.43. The van der Waals surface area contributed by atoms with E-state index in [9.17, 15) is 19.0 Å². The van der Waals surface area contributed by atoms with Crippen molar-refractivity contribution in [3.05, 3.63) is 122 Å². The number of nitrogens with two attached hydrogens (primary N) is 1. The Labute approximate surface area is 561 Å². The van der Waals surface area contributed by atoms with Crippen LogP contribution in [0.3, 0.4) is 0 Å². The molecule has 0 saturated carbocycles. The summed E-state index contributed by atoms with van der Waals surface area (Å²) >= 11 is 0. The van der Waals surface area contributed by atoms with Gasteiger partial charge in [0.2, 0.25) is 0 Å². The Morgan fingerprint density at radius 2 is 0.604 bits per heavy atom. The van der Waals surface area contributed by atoms with E-state index in [1.807, 2.05) is 0 Å². The molecule has 91 heavy (non-hydrogen) atoms. The summed E-state index contributed by atoms with van der Waals surface area (Å²) in [6, 6.07) is 0. The zero-order valence-corrected chi connectivity index (χ0v) is 59.9. The SMILES string of the molecule is CC/C=C\C/C=C\C/C=C\C/C=C\C/C=C\C/C=C\C/C=C\C/C=C\C/C=C\CCCCCC(=O)OC(COC(=O)CCCCCCCCCCCCCCCCCCCCCCCCCCCCC/C=C\CCCCCCCCCC)COP(=O)(O)OCCN. The monoisotopic (exact) mass is 1290 g/mol. The van der Waals surface area contributed by atoms with Crippen molar-refractivity contribution in [1.29, 1.82) is 0 Å². The highest BCUT2D eigenvalue weighted by molar-refractivity contribution is 7.47. The lowest BCUT2D eigenvalue weighted by atomic mass is 10.0. The van der Waals surface area contributed by atoms with E-state index in [1.165, 1.54) is 218 Å². The van der Waals surface area contributed by atoms with Gasteiger partial charge < -0.3 is 20.1 Å². The lowest BCUT2D eigenvalue weighted by Crippen LogP contribution is -2.29. The van der Waals surface area contributed by atoms with Crippen LogP contribution in [0, 0.1) is 0 Å². The number of phosphoric acid groups is 1. The fourth-order valence-corrected chi connectivity index (χ4v) is 11.5. The number of hydrogen-bond donors (Lipinski definition) is 2. The number of phosphoric ester groups is 1. The fraction of sp³-hybridized carbons (Fsp3) is 0.728. The highest BCUT2D eigenvalue weighted by Gasteiger charge is 2.26. The topological polar surface area (TPSA) is 134 Å². The predicted octanol–water partition coefficient (Wildman–Crippen LogP) is 25.4. The molecule has 9 nitrogen and oxygen atoms in total. The summed E-state index contributed by atoms with van der Waals surface area (Å²) in [5.41, 5.74) is 5.40. The van der Waals surface area contributed by atoms with Gasteiger partial charge in [0.05, 0.1) is 13.2 Å². The van der Waals surface area contributed by atoms with E-state index in [2.05, 4.69) is 135 Å². The molecule has 0 aliphatic heterocycles. The van der Waals surface area contributed by atoms with Gasteiger partial charge in [0, 0.05) is 19.4 Å². The Balaban J connectivity index is 3.88. The van der Waals surface area contributed by atoms with Crippen molar-refractivity contribution < 1.29 is 37.6 Å². The first-order valence-electron chi connectivity index (χ1n) is 38.0. The average molecular weight is 1290 g/mol. The van der Waals surface area contributed by atoms with Gasteiger partial charge in [-0.1, -0.05) is 347 Å². The molecule has 0 heterocycles. The Bertz CT molecular complexity index is 1910. The molecule has 0 saturated heterocycles. The Morgan fingerprint density at radius 1 is 0.341 bits per heavy atom. The van der Waals surface area contributed by atoms with Crippen LogP contribution in [0.15, 0.2) is 122 Å². The van der Waals surface area contributed by atoms with Gasteiger partial charge in [0.15, 0.2) is 6.10 Å². The number of esters is 2. The normalized spacial score (nSPS) is 13.6. The molecule has 0 aliphatic rings. The van der Waals surface area contributed by atoms with Gasteiger partial charge in [-0.25, -0.2) is 4.57 Å². The lowest BCUT2D eigenvalue weighted by molar-refractivity contribution is -0.161. The molecule has 0 aromatic heterocycles. The first kappa shape index (κ1) is 87.4. The molecule has 0 spiro atoms. The van der Waals surface area contributed by atoms with Gasteiger partial charge in [-0.3, -0.25) is 18.6 Å². The van der Waals surface area contributed by atoms with E-state index in [0.717, 1.165) is 96.3 Å². The molecule has 524 valence electrons. The second kappa shape index (κ2) is 75.4. The number of carbonyl (C=O) groups excluding carboxylic acids is 2. The number of carbonyl (C=O) groups is 2. The molecule has 0 amide bonds. The van der Waals surface area contributed by atoms with Crippen molar-refractivity contribution in [2.45, 2.75) is 354 Å². The van der Waals surface area contributed by atoms with Crippen LogP contribution in [0.1, 0.15) is 348 Å².